The van der Waals surface area contributed by atoms with E-state index in [4.69, 9.17) is 0 Å². The Bertz CT molecular complexity index is 289. The van der Waals surface area contributed by atoms with Crippen LogP contribution in [0.1, 0.15) is 6.92 Å². The smallest absolute Gasteiger partial charge is 0.166 e. The summed E-state index contributed by atoms with van der Waals surface area (Å²) in [5.41, 5.74) is -2.78. The monoisotopic (exact) mass is 230 g/mol. The average molecular weight is 230 g/mol. The second kappa shape index (κ2) is 4.55. The summed E-state index contributed by atoms with van der Waals surface area (Å²) in [4.78, 5) is 0. The summed E-state index contributed by atoms with van der Waals surface area (Å²) in [5.74, 6) is 0. The number of hydrogen-bond acceptors (Lipinski definition) is 0. The van der Waals surface area contributed by atoms with E-state index in [-0.39, 0.29) is 6.08 Å². The molecule has 0 amide bonds. The van der Waals surface area contributed by atoms with Gasteiger partial charge in [0, 0.05) is 0 Å². The highest BCUT2D eigenvalue weighted by Gasteiger charge is 2.36. The predicted octanol–water partition coefficient (Wildman–Crippen LogP) is 4.17. The van der Waals surface area contributed by atoms with Crippen LogP contribution in [0.4, 0.5) is 26.3 Å². The molecule has 0 unspecified atom stereocenters. The van der Waals surface area contributed by atoms with Gasteiger partial charge >= 0.3 is 12.4 Å². The fourth-order valence-corrected chi connectivity index (χ4v) is 0.753. The van der Waals surface area contributed by atoms with Crippen LogP contribution in [0, 0.1) is 0 Å². The van der Waals surface area contributed by atoms with E-state index in [1.54, 1.807) is 0 Å². The molecule has 6 heteroatoms. The molecule has 0 heterocycles. The maximum Gasteiger partial charge on any atom is 0.416 e. The zero-order chi connectivity index (χ0) is 12.3. The molecule has 0 aliphatic carbocycles. The van der Waals surface area contributed by atoms with Crippen molar-refractivity contribution in [3.05, 3.63) is 36.0 Å². The summed E-state index contributed by atoms with van der Waals surface area (Å²) in [7, 11) is 0. The zero-order valence-electron chi connectivity index (χ0n) is 7.71. The van der Waals surface area contributed by atoms with Crippen LogP contribution < -0.4 is 0 Å². The fourth-order valence-electron chi connectivity index (χ4n) is 0.753. The average Bonchev–Trinajstić information content (AvgIpc) is 2.01. The van der Waals surface area contributed by atoms with Gasteiger partial charge in [0.1, 0.15) is 0 Å². The molecule has 0 rings (SSSR count). The summed E-state index contributed by atoms with van der Waals surface area (Å²) in [6.45, 7) is 3.82. The molecule has 0 aromatic carbocycles. The number of hydrogen-bond donors (Lipinski definition) is 0. The Labute approximate surface area is 82.6 Å². The molecule has 86 valence electrons. The number of allylic oxidation sites excluding steroid dienone is 5. The summed E-state index contributed by atoms with van der Waals surface area (Å²) in [6.07, 6.45) is -8.70. The van der Waals surface area contributed by atoms with Gasteiger partial charge in [-0.25, -0.2) is 0 Å². The minimum absolute atomic E-state index is 0.0208. The van der Waals surface area contributed by atoms with Crippen molar-refractivity contribution in [3.63, 3.8) is 0 Å². The van der Waals surface area contributed by atoms with Crippen LogP contribution in [0.2, 0.25) is 0 Å². The maximum atomic E-state index is 12.1. The lowest BCUT2D eigenvalue weighted by Crippen LogP contribution is -2.14. The SMILES string of the molecule is C=C/C(=C\C(=CC)C(F)(F)F)C(F)(F)F. The maximum absolute atomic E-state index is 12.1. The van der Waals surface area contributed by atoms with Gasteiger partial charge in [0.05, 0.1) is 11.1 Å². The van der Waals surface area contributed by atoms with Crippen LogP contribution in [0.5, 0.6) is 0 Å². The van der Waals surface area contributed by atoms with E-state index < -0.39 is 23.5 Å². The quantitative estimate of drug-likeness (QED) is 0.493. The third-order valence-corrected chi connectivity index (χ3v) is 1.50. The normalized spacial score (nSPS) is 15.4. The molecule has 0 atom stereocenters. The summed E-state index contributed by atoms with van der Waals surface area (Å²) < 4.78 is 72.5. The van der Waals surface area contributed by atoms with Gasteiger partial charge in [-0.3, -0.25) is 0 Å². The first-order chi connectivity index (χ1) is 6.62. The molecular formula is C9H8F6. The van der Waals surface area contributed by atoms with Crippen molar-refractivity contribution in [2.24, 2.45) is 0 Å². The van der Waals surface area contributed by atoms with Crippen molar-refractivity contribution in [2.45, 2.75) is 19.3 Å². The highest BCUT2D eigenvalue weighted by Crippen LogP contribution is 2.32. The van der Waals surface area contributed by atoms with E-state index in [1.807, 2.05) is 0 Å². The largest absolute Gasteiger partial charge is 0.416 e. The van der Waals surface area contributed by atoms with E-state index >= 15 is 0 Å². The van der Waals surface area contributed by atoms with Crippen LogP contribution in [-0.4, -0.2) is 12.4 Å². The highest BCUT2D eigenvalue weighted by atomic mass is 19.4. The molecule has 0 saturated carbocycles. The van der Waals surface area contributed by atoms with Crippen LogP contribution in [0.3, 0.4) is 0 Å². The fraction of sp³-hybridized carbons (Fsp3) is 0.333. The van der Waals surface area contributed by atoms with Gasteiger partial charge in [-0.2, -0.15) is 26.3 Å². The van der Waals surface area contributed by atoms with E-state index in [9.17, 15) is 26.3 Å². The van der Waals surface area contributed by atoms with Crippen molar-refractivity contribution < 1.29 is 26.3 Å². The topological polar surface area (TPSA) is 0 Å². The third-order valence-electron chi connectivity index (χ3n) is 1.50. The lowest BCUT2D eigenvalue weighted by molar-refractivity contribution is -0.0934. The van der Waals surface area contributed by atoms with Crippen molar-refractivity contribution in [2.75, 3.05) is 0 Å². The Morgan fingerprint density at radius 1 is 0.933 bits per heavy atom. The molecule has 0 N–H and O–H groups in total. The molecule has 0 saturated heterocycles. The molecule has 0 fully saturated rings. The Hall–Kier alpha value is -1.20. The van der Waals surface area contributed by atoms with Gasteiger partial charge < -0.3 is 0 Å². The van der Waals surface area contributed by atoms with Gasteiger partial charge in [0.25, 0.3) is 0 Å². The second-order valence-electron chi connectivity index (χ2n) is 2.54. The van der Waals surface area contributed by atoms with Gasteiger partial charge in [-0.05, 0) is 13.0 Å². The lowest BCUT2D eigenvalue weighted by Gasteiger charge is -2.11. The molecule has 0 aromatic rings. The highest BCUT2D eigenvalue weighted by molar-refractivity contribution is 5.34. The van der Waals surface area contributed by atoms with Crippen molar-refractivity contribution in [1.82, 2.24) is 0 Å². The number of rotatable bonds is 2. The molecule has 0 aliphatic rings. The first-order valence-electron chi connectivity index (χ1n) is 3.77. The first kappa shape index (κ1) is 13.8. The van der Waals surface area contributed by atoms with Crippen molar-refractivity contribution in [1.29, 1.82) is 0 Å². The Kier molecular flexibility index (Phi) is 4.18. The minimum Gasteiger partial charge on any atom is -0.166 e. The lowest BCUT2D eigenvalue weighted by atomic mass is 10.1. The van der Waals surface area contributed by atoms with Gasteiger partial charge in [0.15, 0.2) is 0 Å². The molecule has 0 aliphatic heterocycles. The minimum atomic E-state index is -4.83. The Balaban J connectivity index is 5.26. The standard InChI is InChI=1S/C9H8F6/c1-3-6(8(10,11)12)5-7(4-2)9(13,14)15/h3-5H,1H2,2H3/b6-5+,7-4?. The zero-order valence-corrected chi connectivity index (χ0v) is 7.71. The van der Waals surface area contributed by atoms with Gasteiger partial charge in [-0.15, -0.1) is 0 Å². The second-order valence-corrected chi connectivity index (χ2v) is 2.54. The van der Waals surface area contributed by atoms with E-state index in [2.05, 4.69) is 6.58 Å². The molecule has 0 radical (unpaired) electrons. The van der Waals surface area contributed by atoms with E-state index in [1.165, 1.54) is 0 Å². The van der Waals surface area contributed by atoms with E-state index in [0.29, 0.717) is 12.2 Å². The summed E-state index contributed by atoms with van der Waals surface area (Å²) in [5, 5.41) is 0. The predicted molar refractivity (Wildman–Crippen MR) is 44.1 cm³/mol. The third kappa shape index (κ3) is 4.22. The van der Waals surface area contributed by atoms with Crippen molar-refractivity contribution >= 4 is 0 Å². The summed E-state index contributed by atoms with van der Waals surface area (Å²) in [6, 6.07) is 0. The molecule has 0 bridgehead atoms. The molecule has 0 aromatic heterocycles. The van der Waals surface area contributed by atoms with Crippen molar-refractivity contribution in [3.8, 4) is 0 Å². The number of alkyl halides is 6. The van der Waals surface area contributed by atoms with Crippen LogP contribution in [0.15, 0.2) is 36.0 Å². The first-order valence-corrected chi connectivity index (χ1v) is 3.77. The van der Waals surface area contributed by atoms with Crippen LogP contribution >= 0.6 is 0 Å². The molecule has 0 spiro atoms. The summed E-state index contributed by atoms with van der Waals surface area (Å²) >= 11 is 0. The van der Waals surface area contributed by atoms with E-state index in [0.717, 1.165) is 6.92 Å². The molecular weight excluding hydrogens is 222 g/mol. The number of halogens is 6. The van der Waals surface area contributed by atoms with Gasteiger partial charge in [0.2, 0.25) is 0 Å². The van der Waals surface area contributed by atoms with Crippen LogP contribution in [-0.2, 0) is 0 Å². The Morgan fingerprint density at radius 3 is 1.53 bits per heavy atom. The molecule has 15 heavy (non-hydrogen) atoms. The Morgan fingerprint density at radius 2 is 1.33 bits per heavy atom. The van der Waals surface area contributed by atoms with Crippen LogP contribution in [0.25, 0.3) is 0 Å². The molecule has 0 nitrogen and oxygen atoms in total. The van der Waals surface area contributed by atoms with Gasteiger partial charge in [-0.1, -0.05) is 18.7 Å².